The number of carbonyl (C=O) groups excluding carboxylic acids is 2. The van der Waals surface area contributed by atoms with Gasteiger partial charge in [0.15, 0.2) is 0 Å². The monoisotopic (exact) mass is 275 g/mol. The Bertz CT molecular complexity index is 528. The molecule has 0 spiro atoms. The third-order valence-corrected chi connectivity index (χ3v) is 3.57. The number of imide groups is 1. The van der Waals surface area contributed by atoms with Crippen LogP contribution >= 0.6 is 0 Å². The van der Waals surface area contributed by atoms with Crippen LogP contribution in [0.1, 0.15) is 25.0 Å². The van der Waals surface area contributed by atoms with Crippen LogP contribution in [0.25, 0.3) is 0 Å². The molecule has 2 rings (SSSR count). The lowest BCUT2D eigenvalue weighted by Crippen LogP contribution is -2.57. The van der Waals surface area contributed by atoms with E-state index in [9.17, 15) is 9.59 Å². The van der Waals surface area contributed by atoms with Crippen molar-refractivity contribution >= 4 is 17.5 Å². The first-order valence-electron chi connectivity index (χ1n) is 6.93. The maximum atomic E-state index is 11.7. The van der Waals surface area contributed by atoms with Crippen molar-refractivity contribution in [1.29, 1.82) is 0 Å². The number of benzene rings is 1. The van der Waals surface area contributed by atoms with Crippen molar-refractivity contribution in [3.8, 4) is 0 Å². The summed E-state index contributed by atoms with van der Waals surface area (Å²) in [5, 5.41) is 5.64. The minimum atomic E-state index is -0.328. The number of rotatable bonds is 4. The van der Waals surface area contributed by atoms with Crippen LogP contribution in [0.4, 0.5) is 5.69 Å². The molecule has 0 radical (unpaired) electrons. The van der Waals surface area contributed by atoms with Gasteiger partial charge >= 0.3 is 0 Å². The number of amides is 2. The molecule has 1 unspecified atom stereocenters. The largest absolute Gasteiger partial charge is 0.350 e. The molecule has 0 aliphatic carbocycles. The molecule has 1 atom stereocenters. The molecule has 2 N–H and O–H groups in total. The van der Waals surface area contributed by atoms with Gasteiger partial charge in [0.25, 0.3) is 0 Å². The van der Waals surface area contributed by atoms with E-state index in [1.54, 1.807) is 0 Å². The number of aryl methyl sites for hydroxylation is 1. The summed E-state index contributed by atoms with van der Waals surface area (Å²) in [6.07, 6.45) is 0. The van der Waals surface area contributed by atoms with Crippen LogP contribution in [-0.2, 0) is 16.1 Å². The highest BCUT2D eigenvalue weighted by molar-refractivity contribution is 6.04. The fourth-order valence-electron chi connectivity index (χ4n) is 2.43. The van der Waals surface area contributed by atoms with Crippen molar-refractivity contribution in [2.75, 3.05) is 18.0 Å². The Morgan fingerprint density at radius 3 is 2.80 bits per heavy atom. The number of hydrogen-bond donors (Lipinski definition) is 2. The van der Waals surface area contributed by atoms with Gasteiger partial charge < -0.3 is 10.2 Å². The zero-order chi connectivity index (χ0) is 14.7. The van der Waals surface area contributed by atoms with Crippen molar-refractivity contribution in [3.63, 3.8) is 0 Å². The van der Waals surface area contributed by atoms with Gasteiger partial charge in [0.2, 0.25) is 11.8 Å². The highest BCUT2D eigenvalue weighted by Crippen LogP contribution is 2.24. The van der Waals surface area contributed by atoms with Crippen LogP contribution in [0, 0.1) is 6.92 Å². The minimum absolute atomic E-state index is 0.223. The molecule has 1 fully saturated rings. The number of anilines is 1. The van der Waals surface area contributed by atoms with E-state index in [0.717, 1.165) is 24.3 Å². The molecule has 5 heteroatoms. The Kier molecular flexibility index (Phi) is 4.39. The summed E-state index contributed by atoms with van der Waals surface area (Å²) in [5.74, 6) is -0.485. The highest BCUT2D eigenvalue weighted by atomic mass is 16.2. The molecular formula is C15H21N3O2. The van der Waals surface area contributed by atoms with E-state index in [2.05, 4.69) is 23.6 Å². The fourth-order valence-corrected chi connectivity index (χ4v) is 2.43. The summed E-state index contributed by atoms with van der Waals surface area (Å²) in [4.78, 5) is 25.1. The molecule has 0 saturated carbocycles. The van der Waals surface area contributed by atoms with Crippen LogP contribution in [0.3, 0.4) is 0 Å². The second-order valence-corrected chi connectivity index (χ2v) is 5.12. The average molecular weight is 275 g/mol. The highest BCUT2D eigenvalue weighted by Gasteiger charge is 2.30. The van der Waals surface area contributed by atoms with E-state index < -0.39 is 0 Å². The van der Waals surface area contributed by atoms with Crippen molar-refractivity contribution in [3.05, 3.63) is 29.3 Å². The summed E-state index contributed by atoms with van der Waals surface area (Å²) in [6.45, 7) is 7.87. The van der Waals surface area contributed by atoms with Crippen molar-refractivity contribution < 1.29 is 9.59 Å². The smallest absolute Gasteiger partial charge is 0.249 e. The number of hydrogen-bond acceptors (Lipinski definition) is 4. The van der Waals surface area contributed by atoms with E-state index in [0.29, 0.717) is 0 Å². The molecule has 1 aliphatic heterocycles. The SMILES string of the molecule is CCNCc1ccc(N2CC(=O)NC(=O)C2C)c(C)c1. The minimum Gasteiger partial charge on any atom is -0.350 e. The molecule has 5 nitrogen and oxygen atoms in total. The van der Waals surface area contributed by atoms with Gasteiger partial charge in [0.1, 0.15) is 6.04 Å². The Morgan fingerprint density at radius 1 is 1.40 bits per heavy atom. The van der Waals surface area contributed by atoms with E-state index >= 15 is 0 Å². The number of nitrogens with zero attached hydrogens (tertiary/aromatic N) is 1. The number of nitrogens with one attached hydrogen (secondary N) is 2. The van der Waals surface area contributed by atoms with Gasteiger partial charge in [-0.15, -0.1) is 0 Å². The molecule has 1 heterocycles. The standard InChI is InChI=1S/C15H21N3O2/c1-4-16-8-12-5-6-13(10(2)7-12)18-9-14(19)17-15(20)11(18)3/h5-7,11,16H,4,8-9H2,1-3H3,(H,17,19,20). The molecule has 1 aromatic carbocycles. The maximum Gasteiger partial charge on any atom is 0.249 e. The molecule has 0 aromatic heterocycles. The second kappa shape index (κ2) is 6.05. The second-order valence-electron chi connectivity index (χ2n) is 5.12. The molecule has 1 aromatic rings. The van der Waals surface area contributed by atoms with E-state index in [4.69, 9.17) is 0 Å². The van der Waals surface area contributed by atoms with Crippen molar-refractivity contribution in [2.45, 2.75) is 33.4 Å². The third-order valence-electron chi connectivity index (χ3n) is 3.57. The van der Waals surface area contributed by atoms with Crippen LogP contribution in [0.15, 0.2) is 18.2 Å². The normalized spacial score (nSPS) is 19.1. The van der Waals surface area contributed by atoms with Gasteiger partial charge in [-0.3, -0.25) is 14.9 Å². The van der Waals surface area contributed by atoms with E-state index in [1.807, 2.05) is 30.9 Å². The van der Waals surface area contributed by atoms with Crippen LogP contribution < -0.4 is 15.5 Å². The van der Waals surface area contributed by atoms with Crippen LogP contribution in [0.2, 0.25) is 0 Å². The maximum absolute atomic E-state index is 11.7. The first-order chi connectivity index (χ1) is 9.52. The van der Waals surface area contributed by atoms with Crippen LogP contribution in [0.5, 0.6) is 0 Å². The lowest BCUT2D eigenvalue weighted by atomic mass is 10.1. The predicted octanol–water partition coefficient (Wildman–Crippen LogP) is 0.956. The van der Waals surface area contributed by atoms with Gasteiger partial charge in [-0.1, -0.05) is 19.1 Å². The van der Waals surface area contributed by atoms with E-state index in [-0.39, 0.29) is 24.4 Å². The molecule has 20 heavy (non-hydrogen) atoms. The molecule has 108 valence electrons. The lowest BCUT2D eigenvalue weighted by Gasteiger charge is -2.34. The van der Waals surface area contributed by atoms with Gasteiger partial charge in [0.05, 0.1) is 6.54 Å². The summed E-state index contributed by atoms with van der Waals surface area (Å²) in [6, 6.07) is 5.80. The first kappa shape index (κ1) is 14.5. The number of piperazine rings is 1. The molecule has 0 bridgehead atoms. The van der Waals surface area contributed by atoms with Gasteiger partial charge in [-0.25, -0.2) is 0 Å². The molecule has 2 amide bonds. The van der Waals surface area contributed by atoms with Crippen molar-refractivity contribution in [1.82, 2.24) is 10.6 Å². The average Bonchev–Trinajstić information content (AvgIpc) is 2.41. The first-order valence-corrected chi connectivity index (χ1v) is 6.93. The quantitative estimate of drug-likeness (QED) is 0.803. The zero-order valence-electron chi connectivity index (χ0n) is 12.2. The Hall–Kier alpha value is -1.88. The zero-order valence-corrected chi connectivity index (χ0v) is 12.2. The Labute approximate surface area is 119 Å². The summed E-state index contributed by atoms with van der Waals surface area (Å²) >= 11 is 0. The van der Waals surface area contributed by atoms with Gasteiger partial charge in [-0.2, -0.15) is 0 Å². The van der Waals surface area contributed by atoms with Crippen LogP contribution in [-0.4, -0.2) is 30.9 Å². The molecular weight excluding hydrogens is 254 g/mol. The third kappa shape index (κ3) is 2.99. The topological polar surface area (TPSA) is 61.4 Å². The number of carbonyl (C=O) groups is 2. The summed E-state index contributed by atoms with van der Waals surface area (Å²) < 4.78 is 0. The summed E-state index contributed by atoms with van der Waals surface area (Å²) in [7, 11) is 0. The van der Waals surface area contributed by atoms with E-state index in [1.165, 1.54) is 5.56 Å². The predicted molar refractivity (Wildman–Crippen MR) is 78.5 cm³/mol. The fraction of sp³-hybridized carbons (Fsp3) is 0.467. The van der Waals surface area contributed by atoms with Gasteiger partial charge in [0, 0.05) is 12.2 Å². The summed E-state index contributed by atoms with van der Waals surface area (Å²) in [5.41, 5.74) is 3.23. The van der Waals surface area contributed by atoms with Crippen molar-refractivity contribution in [2.24, 2.45) is 0 Å². The lowest BCUT2D eigenvalue weighted by molar-refractivity contribution is -0.132. The Balaban J connectivity index is 2.23. The van der Waals surface area contributed by atoms with Gasteiger partial charge in [-0.05, 0) is 37.6 Å². The Morgan fingerprint density at radius 2 is 2.15 bits per heavy atom. The molecule has 1 saturated heterocycles. The molecule has 1 aliphatic rings.